The minimum Gasteiger partial charge on any atom is -0.310 e. The third-order valence-corrected chi connectivity index (χ3v) is 4.74. The SMILES string of the molecule is CCCCCCCCCC(=O)C1CC2CCC1N2. The Kier molecular flexibility index (Phi) is 5.68. The summed E-state index contributed by atoms with van der Waals surface area (Å²) in [5, 5.41) is 3.56. The molecule has 2 nitrogen and oxygen atoms in total. The summed E-state index contributed by atoms with van der Waals surface area (Å²) in [5.41, 5.74) is 0. The molecule has 1 N–H and O–H groups in total. The lowest BCUT2D eigenvalue weighted by atomic mass is 9.84. The quantitative estimate of drug-likeness (QED) is 0.631. The molecule has 3 unspecified atom stereocenters. The lowest BCUT2D eigenvalue weighted by Crippen LogP contribution is -2.28. The van der Waals surface area contributed by atoms with E-state index in [2.05, 4.69) is 12.2 Å². The van der Waals surface area contributed by atoms with Crippen LogP contribution in [-0.4, -0.2) is 17.9 Å². The number of hydrogen-bond donors (Lipinski definition) is 1. The van der Waals surface area contributed by atoms with E-state index in [4.69, 9.17) is 0 Å². The molecule has 0 aromatic rings. The summed E-state index contributed by atoms with van der Waals surface area (Å²) >= 11 is 0. The Morgan fingerprint density at radius 1 is 1.06 bits per heavy atom. The van der Waals surface area contributed by atoms with Gasteiger partial charge in [0.05, 0.1) is 0 Å². The van der Waals surface area contributed by atoms with Gasteiger partial charge in [-0.2, -0.15) is 0 Å². The molecule has 0 aliphatic carbocycles. The van der Waals surface area contributed by atoms with Crippen LogP contribution in [0.1, 0.15) is 77.6 Å². The number of rotatable bonds is 9. The summed E-state index contributed by atoms with van der Waals surface area (Å²) in [6.07, 6.45) is 13.6. The first kappa shape index (κ1) is 14.0. The van der Waals surface area contributed by atoms with Crippen molar-refractivity contribution in [3.63, 3.8) is 0 Å². The number of nitrogens with one attached hydrogen (secondary N) is 1. The van der Waals surface area contributed by atoms with Gasteiger partial charge >= 0.3 is 0 Å². The van der Waals surface area contributed by atoms with Crippen molar-refractivity contribution in [1.82, 2.24) is 5.32 Å². The predicted molar refractivity (Wildman–Crippen MR) is 75.7 cm³/mol. The second-order valence-corrected chi connectivity index (χ2v) is 6.23. The molecule has 0 aromatic heterocycles. The van der Waals surface area contributed by atoms with Crippen LogP contribution >= 0.6 is 0 Å². The highest BCUT2D eigenvalue weighted by Gasteiger charge is 2.41. The molecule has 18 heavy (non-hydrogen) atoms. The number of Topliss-reactive ketones (excluding diaryl/α,β-unsaturated/α-hetero) is 1. The predicted octanol–water partition coefficient (Wildman–Crippen LogP) is 3.84. The van der Waals surface area contributed by atoms with E-state index in [0.717, 1.165) is 19.3 Å². The topological polar surface area (TPSA) is 29.1 Å². The fourth-order valence-electron chi connectivity index (χ4n) is 3.62. The summed E-state index contributed by atoms with van der Waals surface area (Å²) in [6, 6.07) is 1.20. The first-order valence-electron chi connectivity index (χ1n) is 8.10. The molecule has 0 radical (unpaired) electrons. The van der Waals surface area contributed by atoms with Crippen LogP contribution in [-0.2, 0) is 4.79 Å². The maximum atomic E-state index is 12.1. The Morgan fingerprint density at radius 3 is 2.39 bits per heavy atom. The minimum absolute atomic E-state index is 0.365. The molecule has 2 bridgehead atoms. The maximum Gasteiger partial charge on any atom is 0.137 e. The number of hydrogen-bond acceptors (Lipinski definition) is 2. The molecule has 0 saturated carbocycles. The van der Waals surface area contributed by atoms with Gasteiger partial charge in [-0.3, -0.25) is 4.79 Å². The third kappa shape index (κ3) is 3.81. The van der Waals surface area contributed by atoms with Gasteiger partial charge in [-0.25, -0.2) is 0 Å². The minimum atomic E-state index is 0.365. The van der Waals surface area contributed by atoms with Gasteiger partial charge in [-0.05, 0) is 25.7 Å². The van der Waals surface area contributed by atoms with Crippen LogP contribution in [0.5, 0.6) is 0 Å². The Bertz CT molecular complexity index is 264. The summed E-state index contributed by atoms with van der Waals surface area (Å²) in [7, 11) is 0. The van der Waals surface area contributed by atoms with Crippen LogP contribution in [0.2, 0.25) is 0 Å². The summed E-state index contributed by atoms with van der Waals surface area (Å²) in [5.74, 6) is 0.909. The number of fused-ring (bicyclic) bond motifs is 2. The second kappa shape index (κ2) is 7.28. The van der Waals surface area contributed by atoms with E-state index in [1.54, 1.807) is 0 Å². The monoisotopic (exact) mass is 251 g/mol. The zero-order valence-electron chi connectivity index (χ0n) is 11.9. The fraction of sp³-hybridized carbons (Fsp3) is 0.938. The van der Waals surface area contributed by atoms with E-state index in [1.807, 2.05) is 0 Å². The van der Waals surface area contributed by atoms with Crippen molar-refractivity contribution < 1.29 is 4.79 Å². The average Bonchev–Trinajstić information content (AvgIpc) is 2.99. The summed E-state index contributed by atoms with van der Waals surface area (Å²) in [4.78, 5) is 12.1. The van der Waals surface area contributed by atoms with E-state index in [9.17, 15) is 4.79 Å². The van der Waals surface area contributed by atoms with Crippen molar-refractivity contribution in [3.05, 3.63) is 0 Å². The van der Waals surface area contributed by atoms with Crippen LogP contribution in [0.25, 0.3) is 0 Å². The van der Waals surface area contributed by atoms with Crippen LogP contribution in [0.4, 0.5) is 0 Å². The molecule has 2 heteroatoms. The first-order valence-corrected chi connectivity index (χ1v) is 8.10. The Labute approximate surface area is 112 Å². The van der Waals surface area contributed by atoms with Crippen LogP contribution < -0.4 is 5.32 Å². The van der Waals surface area contributed by atoms with E-state index in [1.165, 1.54) is 51.4 Å². The molecule has 2 aliphatic rings. The zero-order chi connectivity index (χ0) is 12.8. The number of unbranched alkanes of at least 4 members (excludes halogenated alkanes) is 6. The van der Waals surface area contributed by atoms with Crippen LogP contribution in [0.3, 0.4) is 0 Å². The third-order valence-electron chi connectivity index (χ3n) is 4.74. The average molecular weight is 251 g/mol. The lowest BCUT2D eigenvalue weighted by Gasteiger charge is -2.18. The largest absolute Gasteiger partial charge is 0.310 e. The van der Waals surface area contributed by atoms with Gasteiger partial charge in [-0.15, -0.1) is 0 Å². The number of carbonyl (C=O) groups excluding carboxylic acids is 1. The first-order chi connectivity index (χ1) is 8.81. The van der Waals surface area contributed by atoms with Crippen molar-refractivity contribution in [3.8, 4) is 0 Å². The Balaban J connectivity index is 1.50. The molecule has 2 saturated heterocycles. The van der Waals surface area contributed by atoms with E-state index < -0.39 is 0 Å². The molecule has 2 rings (SSSR count). The maximum absolute atomic E-state index is 12.1. The lowest BCUT2D eigenvalue weighted by molar-refractivity contribution is -0.123. The van der Waals surface area contributed by atoms with Gasteiger partial charge in [0, 0.05) is 24.4 Å². The molecule has 2 aliphatic heterocycles. The molecule has 0 aromatic carbocycles. The van der Waals surface area contributed by atoms with Crippen molar-refractivity contribution >= 4 is 5.78 Å². The van der Waals surface area contributed by atoms with Gasteiger partial charge in [-0.1, -0.05) is 45.4 Å². The highest BCUT2D eigenvalue weighted by molar-refractivity contribution is 5.82. The van der Waals surface area contributed by atoms with E-state index in [-0.39, 0.29) is 0 Å². The number of ketones is 1. The molecule has 0 amide bonds. The number of carbonyl (C=O) groups is 1. The molecular weight excluding hydrogens is 222 g/mol. The van der Waals surface area contributed by atoms with E-state index in [0.29, 0.717) is 23.8 Å². The standard InChI is InChI=1S/C16H29NO/c1-2-3-4-5-6-7-8-9-16(18)14-12-13-10-11-15(14)17-13/h13-15,17H,2-12H2,1H3. The molecule has 3 atom stereocenters. The van der Waals surface area contributed by atoms with Gasteiger partial charge in [0.25, 0.3) is 0 Å². The van der Waals surface area contributed by atoms with E-state index >= 15 is 0 Å². The van der Waals surface area contributed by atoms with Crippen molar-refractivity contribution in [2.75, 3.05) is 0 Å². The van der Waals surface area contributed by atoms with Crippen molar-refractivity contribution in [2.24, 2.45) is 5.92 Å². The second-order valence-electron chi connectivity index (χ2n) is 6.23. The fourth-order valence-corrected chi connectivity index (χ4v) is 3.62. The highest BCUT2D eigenvalue weighted by atomic mass is 16.1. The Hall–Kier alpha value is -0.370. The van der Waals surface area contributed by atoms with Crippen molar-refractivity contribution in [2.45, 2.75) is 89.6 Å². The molecule has 0 spiro atoms. The molecule has 2 fully saturated rings. The van der Waals surface area contributed by atoms with Crippen LogP contribution in [0, 0.1) is 5.92 Å². The molecule has 104 valence electrons. The van der Waals surface area contributed by atoms with Crippen LogP contribution in [0.15, 0.2) is 0 Å². The molecule has 2 heterocycles. The Morgan fingerprint density at radius 2 is 1.78 bits per heavy atom. The van der Waals surface area contributed by atoms with Crippen molar-refractivity contribution in [1.29, 1.82) is 0 Å². The van der Waals surface area contributed by atoms with Gasteiger partial charge in [0.1, 0.15) is 5.78 Å². The highest BCUT2D eigenvalue weighted by Crippen LogP contribution is 2.34. The normalized spacial score (nSPS) is 29.9. The molecular formula is C16H29NO. The summed E-state index contributed by atoms with van der Waals surface area (Å²) in [6.45, 7) is 2.25. The summed E-state index contributed by atoms with van der Waals surface area (Å²) < 4.78 is 0. The van der Waals surface area contributed by atoms with Gasteiger partial charge in [0.15, 0.2) is 0 Å². The smallest absolute Gasteiger partial charge is 0.137 e. The zero-order valence-corrected chi connectivity index (χ0v) is 11.9. The van der Waals surface area contributed by atoms with Gasteiger partial charge in [0.2, 0.25) is 0 Å². The van der Waals surface area contributed by atoms with Gasteiger partial charge < -0.3 is 5.32 Å².